The fourth-order valence-corrected chi connectivity index (χ4v) is 1.84. The highest BCUT2D eigenvalue weighted by Gasteiger charge is 2.07. The summed E-state index contributed by atoms with van der Waals surface area (Å²) in [6.07, 6.45) is 3.25. The van der Waals surface area contributed by atoms with Crippen LogP contribution >= 0.6 is 11.6 Å². The minimum atomic E-state index is -0.431. The maximum absolute atomic E-state index is 13.7. The van der Waals surface area contributed by atoms with E-state index in [9.17, 15) is 9.18 Å². The molecule has 0 aliphatic carbocycles. The summed E-state index contributed by atoms with van der Waals surface area (Å²) < 4.78 is 15.2. The van der Waals surface area contributed by atoms with Crippen LogP contribution in [0.1, 0.15) is 5.56 Å². The zero-order chi connectivity index (χ0) is 14.5. The molecule has 2 N–H and O–H groups in total. The average Bonchev–Trinajstić information content (AvgIpc) is 2.88. The lowest BCUT2D eigenvalue weighted by Crippen LogP contribution is -2.23. The van der Waals surface area contributed by atoms with Crippen LogP contribution in [0.4, 0.5) is 10.1 Å². The van der Waals surface area contributed by atoms with Gasteiger partial charge in [-0.05, 0) is 6.07 Å². The molecule has 0 spiro atoms. The van der Waals surface area contributed by atoms with E-state index >= 15 is 0 Å². The number of amides is 1. The van der Waals surface area contributed by atoms with E-state index in [1.807, 2.05) is 0 Å². The van der Waals surface area contributed by atoms with Crippen molar-refractivity contribution in [3.63, 3.8) is 0 Å². The molecule has 5 nitrogen and oxygen atoms in total. The molecule has 0 aliphatic heterocycles. The van der Waals surface area contributed by atoms with Gasteiger partial charge >= 0.3 is 0 Å². The molecule has 0 bridgehead atoms. The lowest BCUT2D eigenvalue weighted by Gasteiger charge is -2.06. The first-order valence-electron chi connectivity index (χ1n) is 6.00. The SMILES string of the molecule is CNC(=O)Cn1cc(NCc2cccc(Cl)c2F)cn1. The van der Waals surface area contributed by atoms with Gasteiger partial charge < -0.3 is 10.6 Å². The molecular weight excluding hydrogens is 283 g/mol. The Bertz CT molecular complexity index is 614. The fraction of sp³-hybridized carbons (Fsp3) is 0.231. The first-order valence-corrected chi connectivity index (χ1v) is 6.37. The molecule has 0 aliphatic rings. The highest BCUT2D eigenvalue weighted by Crippen LogP contribution is 2.18. The van der Waals surface area contributed by atoms with E-state index in [2.05, 4.69) is 15.7 Å². The molecule has 1 aromatic carbocycles. The van der Waals surface area contributed by atoms with E-state index in [0.29, 0.717) is 11.3 Å². The second kappa shape index (κ2) is 6.38. The van der Waals surface area contributed by atoms with E-state index in [-0.39, 0.29) is 24.0 Å². The summed E-state index contributed by atoms with van der Waals surface area (Å²) in [6, 6.07) is 4.85. The number of carbonyl (C=O) groups is 1. The van der Waals surface area contributed by atoms with Crippen LogP contribution in [-0.2, 0) is 17.9 Å². The van der Waals surface area contributed by atoms with Gasteiger partial charge in [-0.1, -0.05) is 23.7 Å². The molecule has 0 unspecified atom stereocenters. The largest absolute Gasteiger partial charge is 0.378 e. The van der Waals surface area contributed by atoms with E-state index in [4.69, 9.17) is 11.6 Å². The third kappa shape index (κ3) is 3.48. The van der Waals surface area contributed by atoms with Crippen molar-refractivity contribution < 1.29 is 9.18 Å². The zero-order valence-corrected chi connectivity index (χ0v) is 11.6. The number of rotatable bonds is 5. The predicted octanol–water partition coefficient (Wildman–Crippen LogP) is 2.03. The number of nitrogens with zero attached hydrogens (tertiary/aromatic N) is 2. The Morgan fingerprint density at radius 1 is 1.50 bits per heavy atom. The number of carbonyl (C=O) groups excluding carboxylic acids is 1. The van der Waals surface area contributed by atoms with Gasteiger partial charge in [-0.15, -0.1) is 0 Å². The topological polar surface area (TPSA) is 59.0 Å². The first-order chi connectivity index (χ1) is 9.60. The van der Waals surface area contributed by atoms with Gasteiger partial charge in [0.2, 0.25) is 5.91 Å². The van der Waals surface area contributed by atoms with Gasteiger partial charge in [0, 0.05) is 25.4 Å². The first kappa shape index (κ1) is 14.3. The Kier molecular flexibility index (Phi) is 4.57. The van der Waals surface area contributed by atoms with Gasteiger partial charge in [0.15, 0.2) is 0 Å². The molecule has 1 heterocycles. The highest BCUT2D eigenvalue weighted by atomic mass is 35.5. The van der Waals surface area contributed by atoms with Crippen LogP contribution in [0, 0.1) is 5.82 Å². The molecule has 2 rings (SSSR count). The number of likely N-dealkylation sites (N-methyl/N-ethyl adjacent to an activating group) is 1. The van der Waals surface area contributed by atoms with Crippen molar-refractivity contribution in [1.29, 1.82) is 0 Å². The van der Waals surface area contributed by atoms with Crippen molar-refractivity contribution in [2.75, 3.05) is 12.4 Å². The third-order valence-corrected chi connectivity index (χ3v) is 3.02. The van der Waals surface area contributed by atoms with Crippen LogP contribution in [0.15, 0.2) is 30.6 Å². The van der Waals surface area contributed by atoms with Gasteiger partial charge in [0.05, 0.1) is 16.9 Å². The normalized spacial score (nSPS) is 10.3. The van der Waals surface area contributed by atoms with E-state index in [1.165, 1.54) is 10.7 Å². The van der Waals surface area contributed by atoms with Crippen molar-refractivity contribution in [3.8, 4) is 0 Å². The lowest BCUT2D eigenvalue weighted by atomic mass is 10.2. The van der Waals surface area contributed by atoms with Gasteiger partial charge in [0.25, 0.3) is 0 Å². The Hall–Kier alpha value is -2.08. The standard InChI is InChI=1S/C13H14ClFN4O/c1-16-12(20)8-19-7-10(6-18-19)17-5-9-3-2-4-11(14)13(9)15/h2-4,6-7,17H,5,8H2,1H3,(H,16,20). The van der Waals surface area contributed by atoms with Crippen molar-refractivity contribution in [1.82, 2.24) is 15.1 Å². The molecule has 1 aromatic heterocycles. The second-order valence-corrected chi connectivity index (χ2v) is 4.57. The molecule has 2 aromatic rings. The Balaban J connectivity index is 1.97. The molecule has 0 saturated carbocycles. The summed E-state index contributed by atoms with van der Waals surface area (Å²) in [5.74, 6) is -0.569. The third-order valence-electron chi connectivity index (χ3n) is 2.73. The number of benzene rings is 1. The van der Waals surface area contributed by atoms with E-state index in [0.717, 1.165) is 0 Å². The minimum Gasteiger partial charge on any atom is -0.378 e. The minimum absolute atomic E-state index is 0.0969. The van der Waals surface area contributed by atoms with Crippen LogP contribution in [0.2, 0.25) is 5.02 Å². The molecule has 106 valence electrons. The molecule has 0 fully saturated rings. The van der Waals surface area contributed by atoms with Crippen molar-refractivity contribution in [2.45, 2.75) is 13.1 Å². The molecule has 20 heavy (non-hydrogen) atoms. The Morgan fingerprint density at radius 3 is 3.05 bits per heavy atom. The number of halogens is 2. The van der Waals surface area contributed by atoms with Gasteiger partial charge in [-0.25, -0.2) is 4.39 Å². The number of hydrogen-bond donors (Lipinski definition) is 2. The monoisotopic (exact) mass is 296 g/mol. The molecule has 0 saturated heterocycles. The number of anilines is 1. The summed E-state index contributed by atoms with van der Waals surface area (Å²) in [5.41, 5.74) is 1.17. The molecular formula is C13H14ClFN4O. The van der Waals surface area contributed by atoms with Crippen molar-refractivity contribution in [3.05, 3.63) is 47.0 Å². The molecule has 1 amide bonds. The van der Waals surface area contributed by atoms with E-state index < -0.39 is 5.82 Å². The summed E-state index contributed by atoms with van der Waals surface area (Å²) in [5, 5.41) is 9.66. The molecule has 0 atom stereocenters. The summed E-state index contributed by atoms with van der Waals surface area (Å²) >= 11 is 5.71. The summed E-state index contributed by atoms with van der Waals surface area (Å²) in [7, 11) is 1.56. The van der Waals surface area contributed by atoms with Gasteiger partial charge in [0.1, 0.15) is 12.4 Å². The molecule has 0 radical (unpaired) electrons. The predicted molar refractivity (Wildman–Crippen MR) is 75.0 cm³/mol. The summed E-state index contributed by atoms with van der Waals surface area (Å²) in [6.45, 7) is 0.432. The van der Waals surface area contributed by atoms with Gasteiger partial charge in [-0.3, -0.25) is 9.48 Å². The summed E-state index contributed by atoms with van der Waals surface area (Å²) in [4.78, 5) is 11.2. The fourth-order valence-electron chi connectivity index (χ4n) is 1.65. The average molecular weight is 297 g/mol. The van der Waals surface area contributed by atoms with Crippen LogP contribution in [-0.4, -0.2) is 22.7 Å². The van der Waals surface area contributed by atoms with E-state index in [1.54, 1.807) is 31.6 Å². The highest BCUT2D eigenvalue weighted by molar-refractivity contribution is 6.30. The van der Waals surface area contributed by atoms with Crippen LogP contribution in [0.3, 0.4) is 0 Å². The quantitative estimate of drug-likeness (QED) is 0.887. The lowest BCUT2D eigenvalue weighted by molar-refractivity contribution is -0.121. The van der Waals surface area contributed by atoms with Crippen molar-refractivity contribution in [2.24, 2.45) is 0 Å². The number of hydrogen-bond acceptors (Lipinski definition) is 3. The smallest absolute Gasteiger partial charge is 0.241 e. The van der Waals surface area contributed by atoms with Crippen molar-refractivity contribution >= 4 is 23.2 Å². The number of aromatic nitrogens is 2. The number of nitrogens with one attached hydrogen (secondary N) is 2. The van der Waals surface area contributed by atoms with Crippen LogP contribution < -0.4 is 10.6 Å². The Morgan fingerprint density at radius 2 is 2.30 bits per heavy atom. The maximum atomic E-state index is 13.7. The van der Waals surface area contributed by atoms with Crippen LogP contribution in [0.5, 0.6) is 0 Å². The van der Waals surface area contributed by atoms with Gasteiger partial charge in [-0.2, -0.15) is 5.10 Å². The zero-order valence-electron chi connectivity index (χ0n) is 10.9. The maximum Gasteiger partial charge on any atom is 0.241 e. The Labute approximate surface area is 120 Å². The van der Waals surface area contributed by atoms with Crippen LogP contribution in [0.25, 0.3) is 0 Å². The molecule has 7 heteroatoms. The second-order valence-electron chi connectivity index (χ2n) is 4.17.